The molecule has 1 N–H and O–H groups in total. The molecule has 3 rings (SSSR count). The van der Waals surface area contributed by atoms with Crippen LogP contribution < -0.4 is 5.56 Å². The minimum absolute atomic E-state index is 0.354. The fourth-order valence-electron chi connectivity index (χ4n) is 3.28. The van der Waals surface area contributed by atoms with Gasteiger partial charge in [-0.2, -0.15) is 5.10 Å². The van der Waals surface area contributed by atoms with Gasteiger partial charge in [0.25, 0.3) is 5.56 Å². The molecule has 24 heavy (non-hydrogen) atoms. The van der Waals surface area contributed by atoms with Crippen molar-refractivity contribution in [3.8, 4) is 0 Å². The van der Waals surface area contributed by atoms with Crippen molar-refractivity contribution in [1.82, 2.24) is 14.7 Å². The monoisotopic (exact) mass is 337 g/mol. The van der Waals surface area contributed by atoms with Crippen LogP contribution in [0, 0.1) is 12.8 Å². The number of carbonyl (C=O) groups is 1. The van der Waals surface area contributed by atoms with E-state index in [0.717, 1.165) is 23.1 Å². The summed E-state index contributed by atoms with van der Waals surface area (Å²) in [7, 11) is 0. The number of alkyl halides is 1. The van der Waals surface area contributed by atoms with E-state index in [-0.39, 0.29) is 5.56 Å². The summed E-state index contributed by atoms with van der Waals surface area (Å²) in [6, 6.07) is 1.46. The lowest BCUT2D eigenvalue weighted by molar-refractivity contribution is -0.148. The number of nitrogens with zero attached hydrogens (tertiary/aromatic N) is 3. The summed E-state index contributed by atoms with van der Waals surface area (Å²) in [6.07, 6.45) is 2.28. The van der Waals surface area contributed by atoms with E-state index in [9.17, 15) is 19.1 Å². The average Bonchev–Trinajstić information content (AvgIpc) is 3.27. The fraction of sp³-hybridized carbons (Fsp3) is 0.706. The van der Waals surface area contributed by atoms with E-state index in [2.05, 4.69) is 5.10 Å². The van der Waals surface area contributed by atoms with Gasteiger partial charge in [0.1, 0.15) is 6.17 Å². The van der Waals surface area contributed by atoms with Crippen molar-refractivity contribution in [2.45, 2.75) is 51.2 Å². The Morgan fingerprint density at radius 3 is 2.67 bits per heavy atom. The van der Waals surface area contributed by atoms with E-state index in [4.69, 9.17) is 0 Å². The Hall–Kier alpha value is -1.76. The van der Waals surface area contributed by atoms with E-state index in [0.29, 0.717) is 44.1 Å². The molecule has 1 aromatic rings. The molecule has 1 saturated heterocycles. The molecule has 0 spiro atoms. The summed E-state index contributed by atoms with van der Waals surface area (Å²) in [5.74, 6) is -0.672. The number of halogens is 1. The second-order valence-electron chi connectivity index (χ2n) is 7.36. The lowest BCUT2D eigenvalue weighted by atomic mass is 9.95. The summed E-state index contributed by atoms with van der Waals surface area (Å²) < 4.78 is 14.0. The van der Waals surface area contributed by atoms with Crippen molar-refractivity contribution in [3.05, 3.63) is 27.7 Å². The lowest BCUT2D eigenvalue weighted by Gasteiger charge is -2.34. The molecule has 1 saturated carbocycles. The number of aliphatic carboxylic acids is 1. The average molecular weight is 337 g/mol. The molecule has 1 aliphatic heterocycles. The molecule has 7 heteroatoms. The van der Waals surface area contributed by atoms with Crippen LogP contribution in [0.2, 0.25) is 0 Å². The van der Waals surface area contributed by atoms with E-state index in [1.165, 1.54) is 6.07 Å². The van der Waals surface area contributed by atoms with Crippen LogP contribution in [0.3, 0.4) is 0 Å². The quantitative estimate of drug-likeness (QED) is 0.813. The number of aromatic nitrogens is 2. The van der Waals surface area contributed by atoms with Crippen LogP contribution in [0.4, 0.5) is 4.39 Å². The predicted molar refractivity (Wildman–Crippen MR) is 86.9 cm³/mol. The Kier molecular flexibility index (Phi) is 4.46. The third-order valence-corrected chi connectivity index (χ3v) is 5.11. The van der Waals surface area contributed by atoms with Crippen LogP contribution in [0.1, 0.15) is 37.4 Å². The minimum Gasteiger partial charge on any atom is -0.479 e. The van der Waals surface area contributed by atoms with E-state index < -0.39 is 17.7 Å². The number of carboxylic acids is 1. The van der Waals surface area contributed by atoms with Crippen molar-refractivity contribution in [3.63, 3.8) is 0 Å². The molecular weight excluding hydrogens is 313 g/mol. The molecule has 2 heterocycles. The zero-order valence-corrected chi connectivity index (χ0v) is 14.2. The van der Waals surface area contributed by atoms with Crippen LogP contribution >= 0.6 is 0 Å². The summed E-state index contributed by atoms with van der Waals surface area (Å²) in [5, 5.41) is 14.1. The molecule has 2 fully saturated rings. The molecule has 0 aromatic carbocycles. The van der Waals surface area contributed by atoms with Crippen LogP contribution in [0.15, 0.2) is 10.9 Å². The lowest BCUT2D eigenvalue weighted by Crippen LogP contribution is -2.49. The number of aryl methyl sites for hydroxylation is 1. The summed E-state index contributed by atoms with van der Waals surface area (Å²) >= 11 is 0. The van der Waals surface area contributed by atoms with Gasteiger partial charge >= 0.3 is 5.97 Å². The molecule has 2 aliphatic rings. The number of hydrogen-bond donors (Lipinski definition) is 1. The molecule has 1 aliphatic carbocycles. The smallest absolute Gasteiger partial charge is 0.331 e. The molecule has 0 bridgehead atoms. The van der Waals surface area contributed by atoms with Crippen LogP contribution in [0.5, 0.6) is 0 Å². The number of likely N-dealkylation sites (tertiary alicyclic amines) is 1. The first kappa shape index (κ1) is 17.1. The highest BCUT2D eigenvalue weighted by molar-refractivity contribution is 5.76. The van der Waals surface area contributed by atoms with Gasteiger partial charge in [0.05, 0.1) is 5.69 Å². The maximum Gasteiger partial charge on any atom is 0.331 e. The highest BCUT2D eigenvalue weighted by atomic mass is 19.1. The SMILES string of the molecule is Cc1cc(=O)n(C(C)(CC2CC2)C(=O)O)nc1CCN1CC(F)C1. The van der Waals surface area contributed by atoms with Gasteiger partial charge in [0, 0.05) is 32.1 Å². The van der Waals surface area contributed by atoms with Gasteiger partial charge in [0.15, 0.2) is 5.54 Å². The summed E-state index contributed by atoms with van der Waals surface area (Å²) in [4.78, 5) is 26.2. The highest BCUT2D eigenvalue weighted by Crippen LogP contribution is 2.39. The number of carboxylic acid groups (broad SMARTS) is 1. The van der Waals surface area contributed by atoms with Crippen LogP contribution in [-0.2, 0) is 16.8 Å². The molecule has 1 unspecified atom stereocenters. The zero-order valence-electron chi connectivity index (χ0n) is 14.2. The molecule has 6 nitrogen and oxygen atoms in total. The van der Waals surface area contributed by atoms with Crippen molar-refractivity contribution >= 4 is 5.97 Å². The van der Waals surface area contributed by atoms with Crippen molar-refractivity contribution < 1.29 is 14.3 Å². The first-order chi connectivity index (χ1) is 11.3. The molecule has 1 atom stereocenters. The van der Waals surface area contributed by atoms with Gasteiger partial charge in [-0.15, -0.1) is 0 Å². The molecular formula is C17H24FN3O3. The Balaban J connectivity index is 1.84. The predicted octanol–water partition coefficient (Wildman–Crippen LogP) is 1.35. The van der Waals surface area contributed by atoms with Gasteiger partial charge in [-0.25, -0.2) is 13.9 Å². The first-order valence-electron chi connectivity index (χ1n) is 8.50. The van der Waals surface area contributed by atoms with E-state index >= 15 is 0 Å². The standard InChI is InChI=1S/C17H24FN3O3/c1-11-7-15(22)21(17(2,16(23)24)8-12-3-4-12)19-14(11)5-6-20-9-13(18)10-20/h7,12-13H,3-6,8-10H2,1-2H3,(H,23,24). The fourth-order valence-corrected chi connectivity index (χ4v) is 3.28. The van der Waals surface area contributed by atoms with Gasteiger partial charge in [-0.3, -0.25) is 9.69 Å². The Bertz CT molecular complexity index is 695. The zero-order chi connectivity index (χ0) is 17.5. The van der Waals surface area contributed by atoms with Gasteiger partial charge < -0.3 is 5.11 Å². The Morgan fingerprint density at radius 1 is 1.46 bits per heavy atom. The molecule has 132 valence electrons. The third kappa shape index (κ3) is 3.36. The largest absolute Gasteiger partial charge is 0.479 e. The van der Waals surface area contributed by atoms with Crippen molar-refractivity contribution in [2.75, 3.05) is 19.6 Å². The molecule has 0 radical (unpaired) electrons. The summed E-state index contributed by atoms with van der Waals surface area (Å²) in [5.41, 5.74) is -0.232. The van der Waals surface area contributed by atoms with Crippen LogP contribution in [0.25, 0.3) is 0 Å². The maximum absolute atomic E-state index is 12.9. The van der Waals surface area contributed by atoms with Crippen molar-refractivity contribution in [1.29, 1.82) is 0 Å². The molecule has 0 amide bonds. The van der Waals surface area contributed by atoms with Crippen molar-refractivity contribution in [2.24, 2.45) is 5.92 Å². The van der Waals surface area contributed by atoms with Gasteiger partial charge in [0.2, 0.25) is 0 Å². The normalized spacial score (nSPS) is 21.3. The second-order valence-corrected chi connectivity index (χ2v) is 7.36. The Labute approximate surface area is 140 Å². The second kappa shape index (κ2) is 6.27. The minimum atomic E-state index is -1.32. The summed E-state index contributed by atoms with van der Waals surface area (Å²) in [6.45, 7) is 4.92. The Morgan fingerprint density at radius 2 is 2.12 bits per heavy atom. The molecule has 1 aromatic heterocycles. The number of rotatable bonds is 7. The topological polar surface area (TPSA) is 75.4 Å². The van der Waals surface area contributed by atoms with Gasteiger partial charge in [-0.1, -0.05) is 12.8 Å². The van der Waals surface area contributed by atoms with E-state index in [1.807, 2.05) is 4.90 Å². The van der Waals surface area contributed by atoms with E-state index in [1.54, 1.807) is 13.8 Å². The van der Waals surface area contributed by atoms with Crippen LogP contribution in [-0.4, -0.2) is 51.6 Å². The third-order valence-electron chi connectivity index (χ3n) is 5.11. The maximum atomic E-state index is 12.9. The number of hydrogen-bond acceptors (Lipinski definition) is 4. The van der Waals surface area contributed by atoms with Gasteiger partial charge in [-0.05, 0) is 31.7 Å². The highest BCUT2D eigenvalue weighted by Gasteiger charge is 2.42. The first-order valence-corrected chi connectivity index (χ1v) is 8.50.